The summed E-state index contributed by atoms with van der Waals surface area (Å²) >= 11 is 0. The lowest BCUT2D eigenvalue weighted by molar-refractivity contribution is -0.153. The normalized spacial score (nSPS) is 27.1. The van der Waals surface area contributed by atoms with E-state index in [1.807, 2.05) is 48.5 Å². The van der Waals surface area contributed by atoms with E-state index in [1.54, 1.807) is 0 Å². The molecule has 0 aromatic carbocycles. The van der Waals surface area contributed by atoms with Gasteiger partial charge in [-0.15, -0.1) is 0 Å². The van der Waals surface area contributed by atoms with Crippen molar-refractivity contribution in [2.45, 2.75) is 153 Å². The van der Waals surface area contributed by atoms with E-state index in [0.717, 1.165) is 54.3 Å². The maximum atomic E-state index is 11.1. The summed E-state index contributed by atoms with van der Waals surface area (Å²) in [4.78, 5) is 21.8. The van der Waals surface area contributed by atoms with Gasteiger partial charge < -0.3 is 9.47 Å². The fourth-order valence-corrected chi connectivity index (χ4v) is 6.36. The second kappa shape index (κ2) is 23.5. The zero-order valence-corrected chi connectivity index (χ0v) is 31.8. The minimum Gasteiger partial charge on any atom is -0.466 e. The molecule has 3 saturated carbocycles. The molecule has 3 fully saturated rings. The largest absolute Gasteiger partial charge is 0.466 e. The van der Waals surface area contributed by atoms with E-state index in [-0.39, 0.29) is 23.3 Å². The lowest BCUT2D eigenvalue weighted by atomic mass is 9.91. The summed E-state index contributed by atoms with van der Waals surface area (Å²) in [7, 11) is 0. The summed E-state index contributed by atoms with van der Waals surface area (Å²) in [6.07, 6.45) is 31.9. The number of carbonyl (C=O) groups excluding carboxylic acids is 2. The molecule has 4 nitrogen and oxygen atoms in total. The van der Waals surface area contributed by atoms with Crippen molar-refractivity contribution < 1.29 is 19.1 Å². The van der Waals surface area contributed by atoms with E-state index in [9.17, 15) is 9.59 Å². The molecule has 46 heavy (non-hydrogen) atoms. The van der Waals surface area contributed by atoms with Crippen molar-refractivity contribution in [2.75, 3.05) is 13.2 Å². The van der Waals surface area contributed by atoms with Crippen LogP contribution in [0.25, 0.3) is 0 Å². The molecule has 7 unspecified atom stereocenters. The van der Waals surface area contributed by atoms with E-state index in [1.165, 1.54) is 70.6 Å². The highest BCUT2D eigenvalue weighted by atomic mass is 16.5. The first-order valence-corrected chi connectivity index (χ1v) is 19.3. The minimum absolute atomic E-state index is 0.0601. The predicted octanol–water partition coefficient (Wildman–Crippen LogP) is 11.9. The summed E-state index contributed by atoms with van der Waals surface area (Å²) in [6.45, 7) is 21.0. The van der Waals surface area contributed by atoms with Crippen LogP contribution in [0.15, 0.2) is 36.5 Å². The number of rotatable bonds is 8. The summed E-state index contributed by atoms with van der Waals surface area (Å²) < 4.78 is 9.61. The van der Waals surface area contributed by atoms with Crippen LogP contribution < -0.4 is 0 Å². The smallest absolute Gasteiger partial charge is 0.311 e. The zero-order valence-electron chi connectivity index (χ0n) is 31.8. The average Bonchev–Trinajstić information content (AvgIpc) is 3.95. The second-order valence-electron chi connectivity index (χ2n) is 15.1. The molecule has 0 aromatic heterocycles. The van der Waals surface area contributed by atoms with E-state index >= 15 is 0 Å². The van der Waals surface area contributed by atoms with Crippen LogP contribution in [0.4, 0.5) is 0 Å². The Hall–Kier alpha value is -1.84. The summed E-state index contributed by atoms with van der Waals surface area (Å²) in [5, 5.41) is 0. The SMILES string of the molecule is C1=CC2CCC1C2.C1=CC2CCC1C2.C1=CC2CCC1C2.CCC(C)CC.CCOC(=O)C(C)(C)CC.CCOC(=O)C(C)CC. The first-order chi connectivity index (χ1) is 21.9. The summed E-state index contributed by atoms with van der Waals surface area (Å²) in [6, 6.07) is 0. The van der Waals surface area contributed by atoms with Gasteiger partial charge in [-0.05, 0) is 140 Å². The lowest BCUT2D eigenvalue weighted by Crippen LogP contribution is -2.25. The molecular weight excluding hydrogens is 568 g/mol. The molecule has 0 radical (unpaired) electrons. The Kier molecular flexibility index (Phi) is 21.5. The van der Waals surface area contributed by atoms with Crippen LogP contribution >= 0.6 is 0 Å². The van der Waals surface area contributed by atoms with Crippen LogP contribution in [0.1, 0.15) is 153 Å². The topological polar surface area (TPSA) is 52.6 Å². The number of esters is 2. The molecule has 7 atom stereocenters. The summed E-state index contributed by atoms with van der Waals surface area (Å²) in [5.41, 5.74) is -0.310. The number of fused-ring (bicyclic) bond motifs is 6. The molecule has 266 valence electrons. The monoisotopic (exact) mass is 643 g/mol. The number of ether oxygens (including phenoxy) is 2. The van der Waals surface area contributed by atoms with Gasteiger partial charge in [-0.25, -0.2) is 0 Å². The standard InChI is InChI=1S/C8H16O2.C7H14O2.3C7H10.C6H14/c1-5-8(3,4)7(9)10-6-2;1-4-6(3)7(8)9-5-2;3*1-2-7-4-3-6(1)5-7;1-4-6(3)5-2/h5-6H2,1-4H3;6H,4-5H2,1-3H3;3*1-2,6-7H,3-5H2;6H,4-5H2,1-3H3. The van der Waals surface area contributed by atoms with Crippen molar-refractivity contribution in [3.63, 3.8) is 0 Å². The van der Waals surface area contributed by atoms with Gasteiger partial charge in [0.05, 0.1) is 24.5 Å². The van der Waals surface area contributed by atoms with Crippen LogP contribution in [0.3, 0.4) is 0 Å². The van der Waals surface area contributed by atoms with Gasteiger partial charge in [0.15, 0.2) is 0 Å². The third-order valence-electron chi connectivity index (χ3n) is 10.9. The van der Waals surface area contributed by atoms with Gasteiger partial charge >= 0.3 is 11.9 Å². The molecule has 0 saturated heterocycles. The third kappa shape index (κ3) is 16.8. The van der Waals surface area contributed by atoms with Crippen LogP contribution in [0, 0.1) is 52.8 Å². The highest BCUT2D eigenvalue weighted by Crippen LogP contribution is 2.39. The Labute approximate surface area is 285 Å². The first-order valence-electron chi connectivity index (χ1n) is 19.3. The second-order valence-corrected chi connectivity index (χ2v) is 15.1. The number of hydrogen-bond acceptors (Lipinski definition) is 4. The third-order valence-corrected chi connectivity index (χ3v) is 10.9. The van der Waals surface area contributed by atoms with Crippen LogP contribution in [-0.2, 0) is 19.1 Å². The predicted molar refractivity (Wildman–Crippen MR) is 196 cm³/mol. The highest BCUT2D eigenvalue weighted by Gasteiger charge is 2.27. The van der Waals surface area contributed by atoms with E-state index < -0.39 is 0 Å². The van der Waals surface area contributed by atoms with Crippen LogP contribution in [-0.4, -0.2) is 25.2 Å². The molecule has 6 bridgehead atoms. The van der Waals surface area contributed by atoms with Gasteiger partial charge in [-0.3, -0.25) is 9.59 Å². The van der Waals surface area contributed by atoms with Gasteiger partial charge in [0.1, 0.15) is 0 Å². The Bertz CT molecular complexity index is 808. The van der Waals surface area contributed by atoms with Gasteiger partial charge in [0.2, 0.25) is 0 Å². The van der Waals surface area contributed by atoms with Gasteiger partial charge in [0.25, 0.3) is 0 Å². The van der Waals surface area contributed by atoms with Gasteiger partial charge in [0, 0.05) is 0 Å². The molecule has 0 amide bonds. The number of hydrogen-bond donors (Lipinski definition) is 0. The Morgan fingerprint density at radius 2 is 0.913 bits per heavy atom. The van der Waals surface area contributed by atoms with E-state index in [4.69, 9.17) is 9.47 Å². The van der Waals surface area contributed by atoms with Crippen molar-refractivity contribution in [3.05, 3.63) is 36.5 Å². The fraction of sp³-hybridized carbons (Fsp3) is 0.810. The van der Waals surface area contributed by atoms with E-state index in [2.05, 4.69) is 57.2 Å². The van der Waals surface area contributed by atoms with Gasteiger partial charge in [-0.1, -0.05) is 90.8 Å². The molecule has 0 spiro atoms. The molecule has 6 aliphatic rings. The minimum atomic E-state index is -0.310. The Morgan fingerprint density at radius 1 is 0.587 bits per heavy atom. The molecule has 0 N–H and O–H groups in total. The van der Waals surface area contributed by atoms with Crippen molar-refractivity contribution in [3.8, 4) is 0 Å². The van der Waals surface area contributed by atoms with E-state index in [0.29, 0.717) is 13.2 Å². The highest BCUT2D eigenvalue weighted by molar-refractivity contribution is 5.75. The zero-order chi connectivity index (χ0) is 34.5. The first kappa shape index (κ1) is 42.2. The van der Waals surface area contributed by atoms with Crippen molar-refractivity contribution >= 4 is 11.9 Å². The molecule has 0 heterocycles. The summed E-state index contributed by atoms with van der Waals surface area (Å²) in [5.74, 6) is 6.76. The lowest BCUT2D eigenvalue weighted by Gasteiger charge is -2.19. The van der Waals surface area contributed by atoms with Crippen molar-refractivity contribution in [1.82, 2.24) is 0 Å². The van der Waals surface area contributed by atoms with Crippen molar-refractivity contribution in [1.29, 1.82) is 0 Å². The maximum absolute atomic E-state index is 11.1. The molecule has 4 heteroatoms. The molecule has 6 aliphatic carbocycles. The number of allylic oxidation sites excluding steroid dienone is 6. The Balaban J connectivity index is 0.000000278. The fourth-order valence-electron chi connectivity index (χ4n) is 6.36. The molecule has 6 rings (SSSR count). The van der Waals surface area contributed by atoms with Crippen LogP contribution in [0.2, 0.25) is 0 Å². The maximum Gasteiger partial charge on any atom is 0.311 e. The molecule has 0 aromatic rings. The average molecular weight is 643 g/mol. The molecular formula is C42H74O4. The van der Waals surface area contributed by atoms with Gasteiger partial charge in [-0.2, -0.15) is 0 Å². The molecule has 0 aliphatic heterocycles. The number of carbonyl (C=O) groups is 2. The van der Waals surface area contributed by atoms with Crippen molar-refractivity contribution in [2.24, 2.45) is 52.8 Å². The van der Waals surface area contributed by atoms with Crippen LogP contribution in [0.5, 0.6) is 0 Å². The quantitative estimate of drug-likeness (QED) is 0.195. The Morgan fingerprint density at radius 3 is 1.07 bits per heavy atom.